The summed E-state index contributed by atoms with van der Waals surface area (Å²) in [6.07, 6.45) is 1.68. The lowest BCUT2D eigenvalue weighted by Gasteiger charge is -2.13. The number of para-hydroxylation sites is 1. The molecule has 0 saturated carbocycles. The maximum absolute atomic E-state index is 12.8. The zero-order valence-electron chi connectivity index (χ0n) is 20.1. The number of methoxy groups -OCH3 is 1. The Balaban J connectivity index is 1.32. The molecule has 3 aromatic carbocycles. The van der Waals surface area contributed by atoms with Crippen LogP contribution in [0.4, 0.5) is 4.79 Å². The highest BCUT2D eigenvalue weighted by atomic mass is 32.2. The number of hydrogen-bond acceptors (Lipinski definition) is 7. The number of carbonyl (C=O) groups is 2. The lowest BCUT2D eigenvalue weighted by Crippen LogP contribution is -2.32. The van der Waals surface area contributed by atoms with Crippen molar-refractivity contribution in [2.75, 3.05) is 33.5 Å². The van der Waals surface area contributed by atoms with E-state index in [0.29, 0.717) is 35.4 Å². The first kappa shape index (κ1) is 25.2. The van der Waals surface area contributed by atoms with Crippen molar-refractivity contribution in [2.45, 2.75) is 6.92 Å². The smallest absolute Gasteiger partial charge is 0.293 e. The van der Waals surface area contributed by atoms with Gasteiger partial charge in [-0.15, -0.1) is 0 Å². The molecule has 0 aromatic heterocycles. The van der Waals surface area contributed by atoms with Gasteiger partial charge in [0, 0.05) is 0 Å². The summed E-state index contributed by atoms with van der Waals surface area (Å²) in [5.74, 6) is 2.22. The second-order valence-corrected chi connectivity index (χ2v) is 8.91. The molecule has 1 saturated heterocycles. The number of carbonyl (C=O) groups excluding carboxylic acids is 2. The van der Waals surface area contributed by atoms with Gasteiger partial charge in [0.25, 0.3) is 11.1 Å². The Hall–Kier alpha value is -3.91. The molecule has 4 rings (SSSR count). The van der Waals surface area contributed by atoms with Crippen molar-refractivity contribution in [3.63, 3.8) is 0 Å². The summed E-state index contributed by atoms with van der Waals surface area (Å²) in [6.45, 7) is 3.15. The van der Waals surface area contributed by atoms with Crippen LogP contribution >= 0.6 is 11.8 Å². The summed E-state index contributed by atoms with van der Waals surface area (Å²) in [5.41, 5.74) is 1.89. The summed E-state index contributed by atoms with van der Waals surface area (Å²) >= 11 is 0.911. The number of imide groups is 1. The Morgan fingerprint density at radius 2 is 1.50 bits per heavy atom. The Morgan fingerprint density at radius 1 is 0.806 bits per heavy atom. The highest BCUT2D eigenvalue weighted by molar-refractivity contribution is 8.18. The maximum atomic E-state index is 12.8. The molecular weight excluding hydrogens is 478 g/mol. The molecule has 0 N–H and O–H groups in total. The quantitative estimate of drug-likeness (QED) is 0.249. The molecule has 0 unspecified atom stereocenters. The van der Waals surface area contributed by atoms with Crippen molar-refractivity contribution in [2.24, 2.45) is 0 Å². The van der Waals surface area contributed by atoms with E-state index in [4.69, 9.17) is 18.9 Å². The van der Waals surface area contributed by atoms with E-state index >= 15 is 0 Å². The van der Waals surface area contributed by atoms with E-state index < -0.39 is 0 Å². The normalized spacial score (nSPS) is 14.3. The van der Waals surface area contributed by atoms with Crippen LogP contribution in [0.1, 0.15) is 11.1 Å². The first-order valence-electron chi connectivity index (χ1n) is 11.5. The van der Waals surface area contributed by atoms with Crippen molar-refractivity contribution in [1.82, 2.24) is 4.90 Å². The molecule has 0 spiro atoms. The molecule has 0 radical (unpaired) electrons. The van der Waals surface area contributed by atoms with E-state index in [1.807, 2.05) is 67.6 Å². The van der Waals surface area contributed by atoms with Crippen molar-refractivity contribution in [1.29, 1.82) is 0 Å². The van der Waals surface area contributed by atoms with E-state index in [1.54, 1.807) is 25.3 Å². The summed E-state index contributed by atoms with van der Waals surface area (Å²) in [5, 5.41) is -0.316. The van der Waals surface area contributed by atoms with E-state index in [1.165, 1.54) is 10.5 Å². The Labute approximate surface area is 214 Å². The second kappa shape index (κ2) is 12.2. The number of hydrogen-bond donors (Lipinski definition) is 0. The fraction of sp³-hybridized carbons (Fsp3) is 0.214. The average Bonchev–Trinajstić information content (AvgIpc) is 3.16. The Bertz CT molecular complexity index is 1230. The van der Waals surface area contributed by atoms with Crippen molar-refractivity contribution < 1.29 is 28.5 Å². The highest BCUT2D eigenvalue weighted by Crippen LogP contribution is 2.34. The van der Waals surface area contributed by atoms with Crippen molar-refractivity contribution in [3.05, 3.63) is 88.8 Å². The number of nitrogens with zero attached hydrogens (tertiary/aromatic N) is 1. The van der Waals surface area contributed by atoms with Crippen LogP contribution in [0.2, 0.25) is 0 Å². The van der Waals surface area contributed by atoms with Crippen LogP contribution < -0.4 is 18.9 Å². The van der Waals surface area contributed by atoms with Crippen LogP contribution in [-0.2, 0) is 4.79 Å². The number of ether oxygens (including phenoxy) is 4. The molecular formula is C28H27NO6S. The number of aryl methyl sites for hydroxylation is 1. The van der Waals surface area contributed by atoms with Gasteiger partial charge in [0.15, 0.2) is 11.5 Å². The fourth-order valence-electron chi connectivity index (χ4n) is 3.45. The predicted octanol–water partition coefficient (Wildman–Crippen LogP) is 5.58. The minimum Gasteiger partial charge on any atom is -0.493 e. The number of rotatable bonds is 11. The van der Waals surface area contributed by atoms with Crippen LogP contribution in [0, 0.1) is 6.92 Å². The van der Waals surface area contributed by atoms with Gasteiger partial charge in [-0.1, -0.05) is 42.0 Å². The largest absolute Gasteiger partial charge is 0.493 e. The third-order valence-electron chi connectivity index (χ3n) is 5.32. The first-order valence-corrected chi connectivity index (χ1v) is 12.3. The van der Waals surface area contributed by atoms with Crippen LogP contribution in [0.25, 0.3) is 6.08 Å². The van der Waals surface area contributed by atoms with Gasteiger partial charge in [-0.2, -0.15) is 0 Å². The van der Waals surface area contributed by atoms with Crippen LogP contribution in [0.5, 0.6) is 23.0 Å². The van der Waals surface area contributed by atoms with Crippen LogP contribution in [0.15, 0.2) is 77.7 Å². The topological polar surface area (TPSA) is 74.3 Å². The van der Waals surface area contributed by atoms with Gasteiger partial charge in [0.05, 0.1) is 18.6 Å². The lowest BCUT2D eigenvalue weighted by atomic mass is 10.2. The molecule has 0 bridgehead atoms. The van der Waals surface area contributed by atoms with Gasteiger partial charge in [0.2, 0.25) is 0 Å². The molecule has 3 aromatic rings. The van der Waals surface area contributed by atoms with Crippen LogP contribution in [-0.4, -0.2) is 49.5 Å². The molecule has 186 valence electrons. The summed E-state index contributed by atoms with van der Waals surface area (Å²) in [4.78, 5) is 26.7. The van der Waals surface area contributed by atoms with Gasteiger partial charge in [0.1, 0.15) is 31.3 Å². The van der Waals surface area contributed by atoms with Gasteiger partial charge < -0.3 is 18.9 Å². The molecule has 0 aliphatic carbocycles. The predicted molar refractivity (Wildman–Crippen MR) is 140 cm³/mol. The monoisotopic (exact) mass is 505 g/mol. The third-order valence-corrected chi connectivity index (χ3v) is 6.22. The van der Waals surface area contributed by atoms with E-state index in [9.17, 15) is 9.59 Å². The standard InChI is InChI=1S/C28H27NO6S/c1-20-8-11-23(12-9-20)34-16-17-35-24-13-10-21(18-25(24)32-2)19-26-27(30)29(28(31)36-26)14-15-33-22-6-4-3-5-7-22/h3-13,18-19H,14-17H2,1-2H3/b26-19-. The van der Waals surface area contributed by atoms with Gasteiger partial charge in [-0.05, 0) is 66.7 Å². The van der Waals surface area contributed by atoms with Gasteiger partial charge in [-0.3, -0.25) is 14.5 Å². The van der Waals surface area contributed by atoms with Crippen LogP contribution in [0.3, 0.4) is 0 Å². The van der Waals surface area contributed by atoms with E-state index in [0.717, 1.165) is 23.1 Å². The van der Waals surface area contributed by atoms with Gasteiger partial charge in [-0.25, -0.2) is 0 Å². The Kier molecular flexibility index (Phi) is 8.52. The third kappa shape index (κ3) is 6.60. The van der Waals surface area contributed by atoms with Crippen molar-refractivity contribution >= 4 is 29.0 Å². The molecule has 1 heterocycles. The second-order valence-electron chi connectivity index (χ2n) is 7.92. The molecule has 1 fully saturated rings. The number of benzene rings is 3. The first-order chi connectivity index (χ1) is 17.5. The Morgan fingerprint density at radius 3 is 2.25 bits per heavy atom. The zero-order valence-corrected chi connectivity index (χ0v) is 21.0. The fourth-order valence-corrected chi connectivity index (χ4v) is 4.32. The summed E-state index contributed by atoms with van der Waals surface area (Å²) in [6, 6.07) is 22.4. The number of amides is 2. The summed E-state index contributed by atoms with van der Waals surface area (Å²) < 4.78 is 22.6. The SMILES string of the molecule is COc1cc(/C=C2\SC(=O)N(CCOc3ccccc3)C2=O)ccc1OCCOc1ccc(C)cc1. The number of thioether (sulfide) groups is 1. The van der Waals surface area contributed by atoms with Gasteiger partial charge >= 0.3 is 0 Å². The highest BCUT2D eigenvalue weighted by Gasteiger charge is 2.34. The minimum atomic E-state index is -0.339. The zero-order chi connectivity index (χ0) is 25.3. The molecule has 7 nitrogen and oxygen atoms in total. The summed E-state index contributed by atoms with van der Waals surface area (Å²) in [7, 11) is 1.55. The maximum Gasteiger partial charge on any atom is 0.293 e. The average molecular weight is 506 g/mol. The molecule has 1 aliphatic rings. The molecule has 1 aliphatic heterocycles. The lowest BCUT2D eigenvalue weighted by molar-refractivity contribution is -0.123. The van der Waals surface area contributed by atoms with Crippen molar-refractivity contribution in [3.8, 4) is 23.0 Å². The molecule has 8 heteroatoms. The minimum absolute atomic E-state index is 0.178. The van der Waals surface area contributed by atoms with E-state index in [2.05, 4.69) is 0 Å². The van der Waals surface area contributed by atoms with E-state index in [-0.39, 0.29) is 24.3 Å². The molecule has 2 amide bonds. The molecule has 0 atom stereocenters. The molecule has 36 heavy (non-hydrogen) atoms.